The van der Waals surface area contributed by atoms with Gasteiger partial charge in [0.2, 0.25) is 0 Å². The van der Waals surface area contributed by atoms with Crippen molar-refractivity contribution < 1.29 is 0 Å². The summed E-state index contributed by atoms with van der Waals surface area (Å²) in [4.78, 5) is 4.97. The van der Waals surface area contributed by atoms with Gasteiger partial charge in [-0.1, -0.05) is 100 Å². The molecule has 2 heteroatoms. The number of fused-ring (bicyclic) bond motifs is 5. The first-order chi connectivity index (χ1) is 21.1. The average molecular weight is 571 g/mol. The van der Waals surface area contributed by atoms with Crippen molar-refractivity contribution in [2.45, 2.75) is 52.4 Å². The number of hydrogen-bond donors (Lipinski definition) is 0. The minimum atomic E-state index is -0.187. The van der Waals surface area contributed by atoms with Crippen LogP contribution in [0.15, 0.2) is 121 Å². The molecule has 0 atom stereocenters. The fourth-order valence-corrected chi connectivity index (χ4v) is 7.85. The first-order valence-electron chi connectivity index (χ1n) is 15.7. The van der Waals surface area contributed by atoms with E-state index in [1.807, 2.05) is 0 Å². The van der Waals surface area contributed by atoms with Crippen LogP contribution in [0.1, 0.15) is 61.1 Å². The van der Waals surface area contributed by atoms with Crippen LogP contribution in [0.2, 0.25) is 0 Å². The Morgan fingerprint density at radius 3 is 1.77 bits per heavy atom. The molecule has 2 heterocycles. The average Bonchev–Trinajstić information content (AvgIpc) is 3.01. The van der Waals surface area contributed by atoms with Crippen molar-refractivity contribution >= 4 is 44.9 Å². The minimum Gasteiger partial charge on any atom is -0.310 e. The van der Waals surface area contributed by atoms with E-state index in [0.29, 0.717) is 0 Å². The maximum absolute atomic E-state index is 2.53. The summed E-state index contributed by atoms with van der Waals surface area (Å²) in [6.07, 6.45) is 0. The predicted octanol–water partition coefficient (Wildman–Crippen LogP) is 11.7. The van der Waals surface area contributed by atoms with Gasteiger partial charge in [-0.05, 0) is 107 Å². The van der Waals surface area contributed by atoms with E-state index < -0.39 is 0 Å². The van der Waals surface area contributed by atoms with Crippen LogP contribution in [-0.4, -0.2) is 0 Å². The molecule has 0 saturated heterocycles. The summed E-state index contributed by atoms with van der Waals surface area (Å²) in [6.45, 7) is 13.9. The molecular formula is C42H38N2. The molecule has 0 bridgehead atoms. The second kappa shape index (κ2) is 9.34. The SMILES string of the molecule is Cc1cc(C)cc(N(c2ccc3c(c2)C(C)(C)c2cccc4c2N3c2ccccc2C4(C)C)c2ccc3ccccc3c2)c1. The van der Waals surface area contributed by atoms with Crippen LogP contribution in [0.3, 0.4) is 0 Å². The van der Waals surface area contributed by atoms with Crippen molar-refractivity contribution in [3.63, 3.8) is 0 Å². The van der Waals surface area contributed by atoms with Crippen molar-refractivity contribution in [2.24, 2.45) is 0 Å². The summed E-state index contributed by atoms with van der Waals surface area (Å²) in [7, 11) is 0. The Hall–Kier alpha value is -4.82. The molecule has 0 aromatic heterocycles. The molecule has 0 radical (unpaired) electrons. The molecule has 0 amide bonds. The van der Waals surface area contributed by atoms with Crippen LogP contribution in [-0.2, 0) is 10.8 Å². The Morgan fingerprint density at radius 2 is 1.02 bits per heavy atom. The molecule has 0 aliphatic carbocycles. The van der Waals surface area contributed by atoms with E-state index in [0.717, 1.165) is 5.69 Å². The summed E-state index contributed by atoms with van der Waals surface area (Å²) in [5.41, 5.74) is 15.1. The van der Waals surface area contributed by atoms with Crippen molar-refractivity contribution in [3.8, 4) is 0 Å². The van der Waals surface area contributed by atoms with Gasteiger partial charge in [0.15, 0.2) is 0 Å². The smallest absolute Gasteiger partial charge is 0.0543 e. The Balaban J connectivity index is 1.38. The molecular weight excluding hydrogens is 532 g/mol. The number of nitrogens with zero attached hydrogens (tertiary/aromatic N) is 2. The van der Waals surface area contributed by atoms with Crippen LogP contribution >= 0.6 is 0 Å². The van der Waals surface area contributed by atoms with Gasteiger partial charge in [-0.3, -0.25) is 0 Å². The largest absolute Gasteiger partial charge is 0.310 e. The lowest BCUT2D eigenvalue weighted by Gasteiger charge is -2.49. The Kier molecular flexibility index (Phi) is 5.68. The highest BCUT2D eigenvalue weighted by Gasteiger charge is 2.45. The number of para-hydroxylation sites is 2. The maximum Gasteiger partial charge on any atom is 0.0543 e. The van der Waals surface area contributed by atoms with Crippen LogP contribution in [0, 0.1) is 13.8 Å². The summed E-state index contributed by atoms with van der Waals surface area (Å²) in [5.74, 6) is 0. The fourth-order valence-electron chi connectivity index (χ4n) is 7.85. The third kappa shape index (κ3) is 3.80. The first kappa shape index (κ1) is 26.8. The van der Waals surface area contributed by atoms with Gasteiger partial charge < -0.3 is 9.80 Å². The van der Waals surface area contributed by atoms with E-state index in [1.54, 1.807) is 0 Å². The first-order valence-corrected chi connectivity index (χ1v) is 15.7. The normalized spacial score (nSPS) is 15.4. The van der Waals surface area contributed by atoms with E-state index in [-0.39, 0.29) is 10.8 Å². The zero-order valence-electron chi connectivity index (χ0n) is 26.4. The lowest BCUT2D eigenvalue weighted by atomic mass is 9.66. The van der Waals surface area contributed by atoms with Gasteiger partial charge in [-0.2, -0.15) is 0 Å². The van der Waals surface area contributed by atoms with Crippen LogP contribution < -0.4 is 9.80 Å². The van der Waals surface area contributed by atoms with Gasteiger partial charge in [0, 0.05) is 27.9 Å². The number of benzene rings is 6. The van der Waals surface area contributed by atoms with Crippen molar-refractivity contribution in [3.05, 3.63) is 155 Å². The van der Waals surface area contributed by atoms with Gasteiger partial charge in [-0.25, -0.2) is 0 Å². The van der Waals surface area contributed by atoms with Crippen molar-refractivity contribution in [1.29, 1.82) is 0 Å². The quantitative estimate of drug-likeness (QED) is 0.209. The van der Waals surface area contributed by atoms with Crippen LogP contribution in [0.5, 0.6) is 0 Å². The second-order valence-corrected chi connectivity index (χ2v) is 13.7. The van der Waals surface area contributed by atoms with Gasteiger partial charge in [0.1, 0.15) is 0 Å². The van der Waals surface area contributed by atoms with Crippen LogP contribution in [0.4, 0.5) is 34.1 Å². The zero-order chi connectivity index (χ0) is 30.4. The Morgan fingerprint density at radius 1 is 0.455 bits per heavy atom. The molecule has 44 heavy (non-hydrogen) atoms. The topological polar surface area (TPSA) is 6.48 Å². The lowest BCUT2D eigenvalue weighted by molar-refractivity contribution is 0.597. The summed E-state index contributed by atoms with van der Waals surface area (Å²) >= 11 is 0. The monoisotopic (exact) mass is 570 g/mol. The summed E-state index contributed by atoms with van der Waals surface area (Å²) in [5, 5.41) is 2.49. The van der Waals surface area contributed by atoms with Gasteiger partial charge in [0.25, 0.3) is 0 Å². The lowest BCUT2D eigenvalue weighted by Crippen LogP contribution is -2.38. The fraction of sp³-hybridized carbons (Fsp3) is 0.190. The molecule has 0 fully saturated rings. The van der Waals surface area contributed by atoms with Gasteiger partial charge in [0.05, 0.1) is 17.1 Å². The molecule has 2 aliphatic heterocycles. The third-order valence-electron chi connectivity index (χ3n) is 10.0. The predicted molar refractivity (Wildman–Crippen MR) is 187 cm³/mol. The molecule has 216 valence electrons. The molecule has 0 N–H and O–H groups in total. The van der Waals surface area contributed by atoms with Gasteiger partial charge in [-0.15, -0.1) is 0 Å². The molecule has 8 rings (SSSR count). The second-order valence-electron chi connectivity index (χ2n) is 13.7. The highest BCUT2D eigenvalue weighted by molar-refractivity contribution is 5.95. The maximum atomic E-state index is 2.53. The zero-order valence-corrected chi connectivity index (χ0v) is 26.4. The van der Waals surface area contributed by atoms with E-state index in [9.17, 15) is 0 Å². The van der Waals surface area contributed by atoms with E-state index in [1.165, 1.54) is 72.6 Å². The number of rotatable bonds is 3. The molecule has 2 aliphatic rings. The standard InChI is InChI=1S/C42H38N2/c1-27-22-28(2)24-33(23-27)43(31-19-18-29-12-7-8-13-30(29)25-31)32-20-21-39-37(26-32)42(5,6)36-16-11-15-35-40(36)44(39)38-17-10-9-14-34(38)41(35,3)4/h7-26H,1-6H3. The Bertz CT molecular complexity index is 2100. The Labute approximate surface area is 261 Å². The number of anilines is 6. The van der Waals surface area contributed by atoms with Crippen molar-refractivity contribution in [2.75, 3.05) is 9.80 Å². The molecule has 6 aromatic carbocycles. The molecule has 0 spiro atoms. The van der Waals surface area contributed by atoms with E-state index in [2.05, 4.69) is 173 Å². The third-order valence-corrected chi connectivity index (χ3v) is 10.0. The molecule has 2 nitrogen and oxygen atoms in total. The summed E-state index contributed by atoms with van der Waals surface area (Å²) in [6, 6.07) is 45.3. The van der Waals surface area contributed by atoms with Crippen LogP contribution in [0.25, 0.3) is 10.8 Å². The molecule has 6 aromatic rings. The molecule has 0 saturated carbocycles. The number of hydrogen-bond acceptors (Lipinski definition) is 2. The highest BCUT2D eigenvalue weighted by Crippen LogP contribution is 2.60. The van der Waals surface area contributed by atoms with Crippen molar-refractivity contribution in [1.82, 2.24) is 0 Å². The highest BCUT2D eigenvalue weighted by atomic mass is 15.2. The van der Waals surface area contributed by atoms with E-state index in [4.69, 9.17) is 0 Å². The van der Waals surface area contributed by atoms with Gasteiger partial charge >= 0.3 is 0 Å². The molecule has 0 unspecified atom stereocenters. The number of aryl methyl sites for hydroxylation is 2. The minimum absolute atomic E-state index is 0.0815. The van der Waals surface area contributed by atoms with E-state index >= 15 is 0 Å². The summed E-state index contributed by atoms with van der Waals surface area (Å²) < 4.78 is 0.